The largest absolute Gasteiger partial charge is 0.497 e. The number of methoxy groups -OCH3 is 1. The molecule has 1 aliphatic rings. The van der Waals surface area contributed by atoms with Crippen LogP contribution in [0.2, 0.25) is 0 Å². The highest BCUT2D eigenvalue weighted by molar-refractivity contribution is 5.60. The molecule has 2 heterocycles. The van der Waals surface area contributed by atoms with Crippen LogP contribution in [0.3, 0.4) is 0 Å². The summed E-state index contributed by atoms with van der Waals surface area (Å²) in [5, 5.41) is 3.37. The van der Waals surface area contributed by atoms with Gasteiger partial charge in [-0.3, -0.25) is 0 Å². The SMILES string of the molecule is COc1ccc(N2CCN(c3cc(Nc4ccccc4)nc(C)n3)CC2)cc1. The first-order valence-electron chi connectivity index (χ1n) is 9.53. The van der Waals surface area contributed by atoms with E-state index in [2.05, 4.69) is 37.2 Å². The molecule has 0 unspecified atom stereocenters. The van der Waals surface area contributed by atoms with Gasteiger partial charge in [0, 0.05) is 43.6 Å². The van der Waals surface area contributed by atoms with E-state index in [-0.39, 0.29) is 0 Å². The average molecular weight is 375 g/mol. The third-order valence-corrected chi connectivity index (χ3v) is 4.91. The molecule has 28 heavy (non-hydrogen) atoms. The minimum absolute atomic E-state index is 0.772. The summed E-state index contributed by atoms with van der Waals surface area (Å²) in [6.07, 6.45) is 0. The van der Waals surface area contributed by atoms with Crippen molar-refractivity contribution >= 4 is 23.0 Å². The molecule has 3 aromatic rings. The summed E-state index contributed by atoms with van der Waals surface area (Å²) < 4.78 is 5.25. The first-order valence-corrected chi connectivity index (χ1v) is 9.53. The van der Waals surface area contributed by atoms with Crippen LogP contribution < -0.4 is 19.9 Å². The van der Waals surface area contributed by atoms with Gasteiger partial charge in [0.2, 0.25) is 0 Å². The summed E-state index contributed by atoms with van der Waals surface area (Å²) in [6.45, 7) is 5.70. The van der Waals surface area contributed by atoms with Crippen LogP contribution in [-0.2, 0) is 0 Å². The van der Waals surface area contributed by atoms with Crippen molar-refractivity contribution < 1.29 is 4.74 Å². The molecule has 1 N–H and O–H groups in total. The molecule has 6 nitrogen and oxygen atoms in total. The fourth-order valence-corrected chi connectivity index (χ4v) is 3.43. The highest BCUT2D eigenvalue weighted by atomic mass is 16.5. The van der Waals surface area contributed by atoms with E-state index in [1.54, 1.807) is 7.11 Å². The Kier molecular flexibility index (Phi) is 5.28. The number of aromatic nitrogens is 2. The molecule has 144 valence electrons. The van der Waals surface area contributed by atoms with Crippen molar-refractivity contribution in [3.8, 4) is 5.75 Å². The Bertz CT molecular complexity index is 906. The van der Waals surface area contributed by atoms with E-state index in [9.17, 15) is 0 Å². The van der Waals surface area contributed by atoms with Gasteiger partial charge in [0.15, 0.2) is 0 Å². The third kappa shape index (κ3) is 4.17. The number of rotatable bonds is 5. The lowest BCUT2D eigenvalue weighted by Crippen LogP contribution is -2.46. The van der Waals surface area contributed by atoms with E-state index in [1.165, 1.54) is 5.69 Å². The van der Waals surface area contributed by atoms with Crippen LogP contribution >= 0.6 is 0 Å². The first-order chi connectivity index (χ1) is 13.7. The van der Waals surface area contributed by atoms with E-state index in [4.69, 9.17) is 4.74 Å². The topological polar surface area (TPSA) is 53.5 Å². The summed E-state index contributed by atoms with van der Waals surface area (Å²) in [6, 6.07) is 20.4. The fourth-order valence-electron chi connectivity index (χ4n) is 3.43. The van der Waals surface area contributed by atoms with E-state index < -0.39 is 0 Å². The number of ether oxygens (including phenoxy) is 1. The van der Waals surface area contributed by atoms with Crippen molar-refractivity contribution in [2.75, 3.05) is 48.4 Å². The predicted molar refractivity (Wildman–Crippen MR) is 114 cm³/mol. The Morgan fingerprint density at radius 3 is 2.21 bits per heavy atom. The van der Waals surface area contributed by atoms with Crippen molar-refractivity contribution in [2.45, 2.75) is 6.92 Å². The third-order valence-electron chi connectivity index (χ3n) is 4.91. The zero-order valence-corrected chi connectivity index (χ0v) is 16.3. The summed E-state index contributed by atoms with van der Waals surface area (Å²) in [4.78, 5) is 13.9. The molecule has 1 aliphatic heterocycles. The number of nitrogens with zero attached hydrogens (tertiary/aromatic N) is 4. The van der Waals surface area contributed by atoms with Crippen LogP contribution in [0.5, 0.6) is 5.75 Å². The van der Waals surface area contributed by atoms with E-state index in [0.29, 0.717) is 0 Å². The van der Waals surface area contributed by atoms with Gasteiger partial charge in [-0.05, 0) is 43.3 Å². The molecule has 0 saturated carbocycles. The number of hydrogen-bond acceptors (Lipinski definition) is 6. The van der Waals surface area contributed by atoms with Gasteiger partial charge in [-0.25, -0.2) is 9.97 Å². The Hall–Kier alpha value is -3.28. The molecule has 0 spiro atoms. The Morgan fingerprint density at radius 2 is 1.54 bits per heavy atom. The molecule has 2 aromatic carbocycles. The maximum atomic E-state index is 5.25. The number of piperazine rings is 1. The Balaban J connectivity index is 1.43. The highest BCUT2D eigenvalue weighted by Gasteiger charge is 2.19. The summed E-state index contributed by atoms with van der Waals surface area (Å²) in [7, 11) is 1.69. The quantitative estimate of drug-likeness (QED) is 0.731. The van der Waals surface area contributed by atoms with E-state index >= 15 is 0 Å². The molecule has 0 amide bonds. The second-order valence-electron chi connectivity index (χ2n) is 6.82. The fraction of sp³-hybridized carbons (Fsp3) is 0.273. The van der Waals surface area contributed by atoms with Crippen LogP contribution in [0.25, 0.3) is 0 Å². The molecule has 1 aromatic heterocycles. The molecular formula is C22H25N5O. The lowest BCUT2D eigenvalue weighted by Gasteiger charge is -2.37. The van der Waals surface area contributed by atoms with Crippen molar-refractivity contribution in [3.05, 3.63) is 66.5 Å². The molecule has 6 heteroatoms. The maximum Gasteiger partial charge on any atom is 0.136 e. The molecule has 0 bridgehead atoms. The van der Waals surface area contributed by atoms with Gasteiger partial charge < -0.3 is 19.9 Å². The molecule has 1 fully saturated rings. The van der Waals surface area contributed by atoms with Gasteiger partial charge >= 0.3 is 0 Å². The van der Waals surface area contributed by atoms with Crippen molar-refractivity contribution in [3.63, 3.8) is 0 Å². The molecule has 4 rings (SSSR count). The molecule has 1 saturated heterocycles. The summed E-state index contributed by atoms with van der Waals surface area (Å²) in [5.74, 6) is 3.46. The second kappa shape index (κ2) is 8.17. The molecule has 0 atom stereocenters. The zero-order chi connectivity index (χ0) is 19.3. The van der Waals surface area contributed by atoms with Gasteiger partial charge in [0.1, 0.15) is 23.2 Å². The van der Waals surface area contributed by atoms with Crippen molar-refractivity contribution in [2.24, 2.45) is 0 Å². The summed E-state index contributed by atoms with van der Waals surface area (Å²) in [5.41, 5.74) is 2.25. The Labute approximate surface area is 165 Å². The number of nitrogens with one attached hydrogen (secondary N) is 1. The Morgan fingerprint density at radius 1 is 0.857 bits per heavy atom. The van der Waals surface area contributed by atoms with Crippen LogP contribution in [0.4, 0.5) is 23.0 Å². The lowest BCUT2D eigenvalue weighted by atomic mass is 10.2. The second-order valence-corrected chi connectivity index (χ2v) is 6.82. The highest BCUT2D eigenvalue weighted by Crippen LogP contribution is 2.24. The maximum absolute atomic E-state index is 5.25. The van der Waals surface area contributed by atoms with Gasteiger partial charge in [-0.1, -0.05) is 18.2 Å². The summed E-state index contributed by atoms with van der Waals surface area (Å²) >= 11 is 0. The number of aryl methyl sites for hydroxylation is 1. The van der Waals surface area contributed by atoms with Crippen LogP contribution in [0, 0.1) is 6.92 Å². The molecule has 0 aliphatic carbocycles. The minimum atomic E-state index is 0.772. The minimum Gasteiger partial charge on any atom is -0.497 e. The van der Waals surface area contributed by atoms with Crippen LogP contribution in [0.15, 0.2) is 60.7 Å². The van der Waals surface area contributed by atoms with Crippen LogP contribution in [-0.4, -0.2) is 43.3 Å². The van der Waals surface area contributed by atoms with Gasteiger partial charge in [0.25, 0.3) is 0 Å². The van der Waals surface area contributed by atoms with Gasteiger partial charge in [0.05, 0.1) is 7.11 Å². The first kappa shape index (κ1) is 18.1. The average Bonchev–Trinajstić information content (AvgIpc) is 2.74. The smallest absolute Gasteiger partial charge is 0.136 e. The van der Waals surface area contributed by atoms with E-state index in [0.717, 1.165) is 55.1 Å². The van der Waals surface area contributed by atoms with Crippen LogP contribution in [0.1, 0.15) is 5.82 Å². The van der Waals surface area contributed by atoms with Gasteiger partial charge in [-0.15, -0.1) is 0 Å². The standard InChI is InChI=1S/C22H25N5O/c1-17-23-21(25-18-6-4-3-5-7-18)16-22(24-17)27-14-12-26(13-15-27)19-8-10-20(28-2)11-9-19/h3-11,16H,12-15H2,1-2H3,(H,23,24,25). The normalized spacial score (nSPS) is 14.1. The van der Waals surface area contributed by atoms with Crippen molar-refractivity contribution in [1.29, 1.82) is 0 Å². The number of benzene rings is 2. The van der Waals surface area contributed by atoms with E-state index in [1.807, 2.05) is 55.5 Å². The monoisotopic (exact) mass is 375 g/mol. The number of anilines is 4. The number of hydrogen-bond donors (Lipinski definition) is 1. The zero-order valence-electron chi connectivity index (χ0n) is 16.3. The molecular weight excluding hydrogens is 350 g/mol. The molecule has 0 radical (unpaired) electrons. The lowest BCUT2D eigenvalue weighted by molar-refractivity contribution is 0.415. The predicted octanol–water partition coefficient (Wildman–Crippen LogP) is 3.86. The van der Waals surface area contributed by atoms with Gasteiger partial charge in [-0.2, -0.15) is 0 Å². The van der Waals surface area contributed by atoms with Crippen molar-refractivity contribution in [1.82, 2.24) is 9.97 Å². The number of para-hydroxylation sites is 1.